The summed E-state index contributed by atoms with van der Waals surface area (Å²) in [4.78, 5) is 18.7. The molecule has 1 unspecified atom stereocenters. The minimum atomic E-state index is -0.155. The minimum absolute atomic E-state index is 0.155. The number of benzene rings is 3. The van der Waals surface area contributed by atoms with E-state index in [1.54, 1.807) is 7.11 Å². The van der Waals surface area contributed by atoms with Gasteiger partial charge in [0.1, 0.15) is 5.75 Å². The average Bonchev–Trinajstić information content (AvgIpc) is 3.46. The van der Waals surface area contributed by atoms with Crippen LogP contribution in [-0.2, 0) is 17.8 Å². The molecular weight excluding hydrogens is 444 g/mol. The number of hydrogen-bond acceptors (Lipinski definition) is 3. The summed E-state index contributed by atoms with van der Waals surface area (Å²) in [7, 11) is 1.69. The Morgan fingerprint density at radius 1 is 0.972 bits per heavy atom. The standard InChI is InChI=1S/C32H38N2O2/c1-23(2)25-11-16-28(17-12-25)34(22-24-9-14-27(15-10-24)33-19-4-5-20-33)32(35)30-8-6-7-26-13-18-29(36-3)21-31(26)30/h9-18,21,23,30H,4-8,19-20,22H2,1-3H3. The van der Waals surface area contributed by atoms with Crippen molar-refractivity contribution in [3.05, 3.63) is 89.0 Å². The number of carbonyl (C=O) groups excluding carboxylic acids is 1. The molecule has 4 nitrogen and oxygen atoms in total. The van der Waals surface area contributed by atoms with Gasteiger partial charge in [-0.2, -0.15) is 0 Å². The molecule has 4 heteroatoms. The molecule has 0 N–H and O–H groups in total. The molecule has 1 atom stereocenters. The molecule has 2 aliphatic rings. The number of hydrogen-bond donors (Lipinski definition) is 0. The second kappa shape index (κ2) is 10.8. The van der Waals surface area contributed by atoms with Gasteiger partial charge in [0, 0.05) is 24.5 Å². The lowest BCUT2D eigenvalue weighted by atomic mass is 9.81. The van der Waals surface area contributed by atoms with Crippen LogP contribution in [0.4, 0.5) is 11.4 Å². The predicted octanol–water partition coefficient (Wildman–Crippen LogP) is 7.07. The third kappa shape index (κ3) is 5.13. The van der Waals surface area contributed by atoms with Gasteiger partial charge in [-0.05, 0) is 96.7 Å². The number of aryl methyl sites for hydroxylation is 1. The number of rotatable bonds is 7. The van der Waals surface area contributed by atoms with Gasteiger partial charge in [0.15, 0.2) is 0 Å². The van der Waals surface area contributed by atoms with E-state index in [0.717, 1.165) is 54.9 Å². The fourth-order valence-corrected chi connectivity index (χ4v) is 5.65. The van der Waals surface area contributed by atoms with Crippen molar-refractivity contribution in [2.75, 3.05) is 30.0 Å². The monoisotopic (exact) mass is 482 g/mol. The smallest absolute Gasteiger partial charge is 0.234 e. The summed E-state index contributed by atoms with van der Waals surface area (Å²) in [5, 5.41) is 0. The van der Waals surface area contributed by atoms with E-state index in [4.69, 9.17) is 4.74 Å². The molecule has 0 bridgehead atoms. The van der Waals surface area contributed by atoms with E-state index in [1.807, 2.05) is 11.0 Å². The van der Waals surface area contributed by atoms with Crippen LogP contribution in [0.1, 0.15) is 73.6 Å². The molecule has 1 aliphatic carbocycles. The number of methoxy groups -OCH3 is 1. The molecule has 1 fully saturated rings. The van der Waals surface area contributed by atoms with Crippen molar-refractivity contribution >= 4 is 17.3 Å². The third-order valence-electron chi connectivity index (χ3n) is 7.85. The van der Waals surface area contributed by atoms with E-state index in [-0.39, 0.29) is 11.8 Å². The number of fused-ring (bicyclic) bond motifs is 1. The first-order valence-electron chi connectivity index (χ1n) is 13.5. The highest BCUT2D eigenvalue weighted by Crippen LogP contribution is 2.37. The molecule has 3 aromatic carbocycles. The zero-order valence-electron chi connectivity index (χ0n) is 21.9. The van der Waals surface area contributed by atoms with E-state index in [2.05, 4.69) is 79.4 Å². The first-order chi connectivity index (χ1) is 17.5. The van der Waals surface area contributed by atoms with E-state index < -0.39 is 0 Å². The van der Waals surface area contributed by atoms with Gasteiger partial charge in [0.05, 0.1) is 19.6 Å². The molecule has 1 saturated heterocycles. The quantitative estimate of drug-likeness (QED) is 0.361. The maximum Gasteiger partial charge on any atom is 0.234 e. The molecule has 1 heterocycles. The Morgan fingerprint density at radius 3 is 2.36 bits per heavy atom. The summed E-state index contributed by atoms with van der Waals surface area (Å²) in [6.45, 7) is 7.24. The zero-order valence-corrected chi connectivity index (χ0v) is 21.9. The SMILES string of the molecule is COc1ccc2c(c1)C(C(=O)N(Cc1ccc(N3CCCC3)cc1)c1ccc(C(C)C)cc1)CCC2. The highest BCUT2D eigenvalue weighted by molar-refractivity contribution is 5.98. The van der Waals surface area contributed by atoms with Crippen molar-refractivity contribution in [1.82, 2.24) is 0 Å². The van der Waals surface area contributed by atoms with Crippen LogP contribution >= 0.6 is 0 Å². The number of carbonyl (C=O) groups is 1. The van der Waals surface area contributed by atoms with Crippen LogP contribution in [0.2, 0.25) is 0 Å². The molecule has 0 spiro atoms. The molecule has 3 aromatic rings. The Balaban J connectivity index is 1.46. The van der Waals surface area contributed by atoms with Crippen molar-refractivity contribution in [2.24, 2.45) is 0 Å². The van der Waals surface area contributed by atoms with Crippen LogP contribution in [0.3, 0.4) is 0 Å². The topological polar surface area (TPSA) is 32.8 Å². The molecule has 1 aliphatic heterocycles. The first kappa shape index (κ1) is 24.4. The average molecular weight is 483 g/mol. The highest BCUT2D eigenvalue weighted by atomic mass is 16.5. The summed E-state index contributed by atoms with van der Waals surface area (Å²) in [5.41, 5.74) is 7.07. The summed E-state index contributed by atoms with van der Waals surface area (Å²) in [5.74, 6) is 1.29. The summed E-state index contributed by atoms with van der Waals surface area (Å²) < 4.78 is 5.51. The molecule has 5 rings (SSSR count). The zero-order chi connectivity index (χ0) is 25.1. The third-order valence-corrected chi connectivity index (χ3v) is 7.85. The largest absolute Gasteiger partial charge is 0.497 e. The molecular formula is C32H38N2O2. The maximum absolute atomic E-state index is 14.2. The normalized spacial score (nSPS) is 17.2. The van der Waals surface area contributed by atoms with Gasteiger partial charge in [0.2, 0.25) is 5.91 Å². The molecule has 0 saturated carbocycles. The lowest BCUT2D eigenvalue weighted by Gasteiger charge is -2.31. The van der Waals surface area contributed by atoms with Crippen LogP contribution < -0.4 is 14.5 Å². The predicted molar refractivity (Wildman–Crippen MR) is 148 cm³/mol. The van der Waals surface area contributed by atoms with Crippen molar-refractivity contribution in [2.45, 2.75) is 64.3 Å². The first-order valence-corrected chi connectivity index (χ1v) is 13.5. The van der Waals surface area contributed by atoms with Crippen LogP contribution in [-0.4, -0.2) is 26.1 Å². The summed E-state index contributed by atoms with van der Waals surface area (Å²) in [6, 6.07) is 23.6. The maximum atomic E-state index is 14.2. The Labute approximate surface area is 215 Å². The molecule has 36 heavy (non-hydrogen) atoms. The Kier molecular flexibility index (Phi) is 7.31. The Bertz CT molecular complexity index is 1180. The Hall–Kier alpha value is -3.27. The van der Waals surface area contributed by atoms with E-state index in [1.165, 1.54) is 29.7 Å². The molecule has 0 aromatic heterocycles. The van der Waals surface area contributed by atoms with Gasteiger partial charge in [-0.1, -0.05) is 44.2 Å². The second-order valence-electron chi connectivity index (χ2n) is 10.5. The summed E-state index contributed by atoms with van der Waals surface area (Å²) in [6.07, 6.45) is 5.45. The summed E-state index contributed by atoms with van der Waals surface area (Å²) >= 11 is 0. The minimum Gasteiger partial charge on any atom is -0.497 e. The fourth-order valence-electron chi connectivity index (χ4n) is 5.65. The lowest BCUT2D eigenvalue weighted by molar-refractivity contribution is -0.120. The lowest BCUT2D eigenvalue weighted by Crippen LogP contribution is -2.36. The fraction of sp³-hybridized carbons (Fsp3) is 0.406. The number of amides is 1. The van der Waals surface area contributed by atoms with Crippen molar-refractivity contribution < 1.29 is 9.53 Å². The number of ether oxygens (including phenoxy) is 1. The molecule has 188 valence electrons. The molecule has 1 amide bonds. The van der Waals surface area contributed by atoms with E-state index in [0.29, 0.717) is 12.5 Å². The van der Waals surface area contributed by atoms with Crippen molar-refractivity contribution in [3.8, 4) is 5.75 Å². The van der Waals surface area contributed by atoms with Crippen LogP contribution in [0, 0.1) is 0 Å². The number of anilines is 2. The van der Waals surface area contributed by atoms with Crippen LogP contribution in [0.5, 0.6) is 5.75 Å². The van der Waals surface area contributed by atoms with Crippen LogP contribution in [0.25, 0.3) is 0 Å². The van der Waals surface area contributed by atoms with Gasteiger partial charge >= 0.3 is 0 Å². The van der Waals surface area contributed by atoms with Crippen molar-refractivity contribution in [3.63, 3.8) is 0 Å². The molecule has 0 radical (unpaired) electrons. The van der Waals surface area contributed by atoms with E-state index >= 15 is 0 Å². The second-order valence-corrected chi connectivity index (χ2v) is 10.5. The van der Waals surface area contributed by atoms with Gasteiger partial charge < -0.3 is 14.5 Å². The van der Waals surface area contributed by atoms with Gasteiger partial charge in [0.25, 0.3) is 0 Å². The van der Waals surface area contributed by atoms with Gasteiger partial charge in [-0.15, -0.1) is 0 Å². The Morgan fingerprint density at radius 2 is 1.69 bits per heavy atom. The number of nitrogens with zero attached hydrogens (tertiary/aromatic N) is 2. The highest BCUT2D eigenvalue weighted by Gasteiger charge is 2.31. The van der Waals surface area contributed by atoms with Crippen molar-refractivity contribution in [1.29, 1.82) is 0 Å². The van der Waals surface area contributed by atoms with Gasteiger partial charge in [-0.25, -0.2) is 0 Å². The van der Waals surface area contributed by atoms with Gasteiger partial charge in [-0.3, -0.25) is 4.79 Å². The van der Waals surface area contributed by atoms with E-state index in [9.17, 15) is 4.79 Å². The van der Waals surface area contributed by atoms with Crippen LogP contribution in [0.15, 0.2) is 66.7 Å².